The molecular weight excluding hydrogens is 254 g/mol. The summed E-state index contributed by atoms with van der Waals surface area (Å²) in [7, 11) is 4.35. The summed E-state index contributed by atoms with van der Waals surface area (Å²) in [4.78, 5) is 2.34. The van der Waals surface area contributed by atoms with Crippen LogP contribution in [0.25, 0.3) is 6.08 Å². The van der Waals surface area contributed by atoms with Crippen molar-refractivity contribution in [3.8, 4) is 0 Å². The molecule has 0 fully saturated rings. The first-order valence-corrected chi connectivity index (χ1v) is 7.63. The maximum absolute atomic E-state index is 2.34. The Morgan fingerprint density at radius 3 is 2.00 bits per heavy atom. The second-order valence-electron chi connectivity index (χ2n) is 5.66. The Morgan fingerprint density at radius 2 is 1.48 bits per heavy atom. The first-order valence-electron chi connectivity index (χ1n) is 7.63. The van der Waals surface area contributed by atoms with Gasteiger partial charge in [-0.3, -0.25) is 4.90 Å². The van der Waals surface area contributed by atoms with Crippen LogP contribution in [0.1, 0.15) is 30.9 Å². The van der Waals surface area contributed by atoms with Gasteiger partial charge in [0.25, 0.3) is 0 Å². The first kappa shape index (κ1) is 15.5. The van der Waals surface area contributed by atoms with Gasteiger partial charge in [0, 0.05) is 5.54 Å². The van der Waals surface area contributed by atoms with E-state index in [1.165, 1.54) is 11.1 Å². The zero-order chi connectivity index (χ0) is 15.1. The van der Waals surface area contributed by atoms with Crippen LogP contribution in [0.5, 0.6) is 0 Å². The van der Waals surface area contributed by atoms with Crippen LogP contribution in [0.15, 0.2) is 66.7 Å². The zero-order valence-electron chi connectivity index (χ0n) is 13.3. The fraction of sp³-hybridized carbons (Fsp3) is 0.300. The topological polar surface area (TPSA) is 3.24 Å². The van der Waals surface area contributed by atoms with Gasteiger partial charge < -0.3 is 0 Å². The van der Waals surface area contributed by atoms with Crippen molar-refractivity contribution in [1.29, 1.82) is 0 Å². The monoisotopic (exact) mass is 279 g/mol. The second-order valence-corrected chi connectivity index (χ2v) is 5.66. The van der Waals surface area contributed by atoms with E-state index in [9.17, 15) is 0 Å². The maximum Gasteiger partial charge on any atom is 0.0486 e. The molecule has 0 heterocycles. The molecule has 0 bridgehead atoms. The number of nitrogens with zero attached hydrogens (tertiary/aromatic N) is 1. The number of hydrogen-bond acceptors (Lipinski definition) is 1. The standard InChI is InChI=1S/C20H25N/c1-4-20(21(2)3,19-15-9-6-10-16-19)17-11-14-18-12-7-5-8-13-18/h5-16H,4,17H2,1-3H3/b14-11+. The Hall–Kier alpha value is -1.86. The molecule has 0 aromatic heterocycles. The van der Waals surface area contributed by atoms with E-state index in [4.69, 9.17) is 0 Å². The number of benzene rings is 2. The predicted octanol–water partition coefficient (Wildman–Crippen LogP) is 4.96. The van der Waals surface area contributed by atoms with Crippen molar-refractivity contribution < 1.29 is 0 Å². The molecule has 2 aromatic carbocycles. The highest BCUT2D eigenvalue weighted by Gasteiger charge is 2.31. The van der Waals surface area contributed by atoms with Crippen LogP contribution in [-0.2, 0) is 5.54 Å². The number of rotatable bonds is 6. The summed E-state index contributed by atoms with van der Waals surface area (Å²) in [6.45, 7) is 2.27. The van der Waals surface area contributed by atoms with E-state index in [0.717, 1.165) is 12.8 Å². The molecule has 1 heteroatoms. The lowest BCUT2D eigenvalue weighted by molar-refractivity contribution is 0.148. The third kappa shape index (κ3) is 3.62. The molecule has 1 nitrogen and oxygen atoms in total. The quantitative estimate of drug-likeness (QED) is 0.722. The van der Waals surface area contributed by atoms with Gasteiger partial charge in [0.2, 0.25) is 0 Å². The van der Waals surface area contributed by atoms with E-state index < -0.39 is 0 Å². The minimum absolute atomic E-state index is 0.0620. The molecule has 0 saturated heterocycles. The van der Waals surface area contributed by atoms with E-state index in [1.54, 1.807) is 0 Å². The van der Waals surface area contributed by atoms with Gasteiger partial charge in [-0.05, 0) is 38.1 Å². The average molecular weight is 279 g/mol. The molecule has 0 radical (unpaired) electrons. The molecule has 1 atom stereocenters. The number of hydrogen-bond donors (Lipinski definition) is 0. The van der Waals surface area contributed by atoms with Gasteiger partial charge in [0.1, 0.15) is 0 Å². The van der Waals surface area contributed by atoms with Gasteiger partial charge in [-0.1, -0.05) is 79.7 Å². The molecule has 0 saturated carbocycles. The first-order chi connectivity index (χ1) is 10.2. The van der Waals surface area contributed by atoms with Crippen LogP contribution in [-0.4, -0.2) is 19.0 Å². The lowest BCUT2D eigenvalue weighted by Gasteiger charge is -2.39. The Morgan fingerprint density at radius 1 is 0.905 bits per heavy atom. The third-order valence-electron chi connectivity index (χ3n) is 4.32. The summed E-state index contributed by atoms with van der Waals surface area (Å²) in [5, 5.41) is 0. The summed E-state index contributed by atoms with van der Waals surface area (Å²) < 4.78 is 0. The van der Waals surface area contributed by atoms with Crippen LogP contribution in [0.3, 0.4) is 0 Å². The van der Waals surface area contributed by atoms with Gasteiger partial charge in [-0.15, -0.1) is 0 Å². The van der Waals surface area contributed by atoms with Crippen molar-refractivity contribution in [3.05, 3.63) is 77.9 Å². The van der Waals surface area contributed by atoms with E-state index >= 15 is 0 Å². The third-order valence-corrected chi connectivity index (χ3v) is 4.32. The van der Waals surface area contributed by atoms with Crippen molar-refractivity contribution in [3.63, 3.8) is 0 Å². The van der Waals surface area contributed by atoms with Crippen LogP contribution in [0.4, 0.5) is 0 Å². The molecule has 0 N–H and O–H groups in total. The van der Waals surface area contributed by atoms with Crippen molar-refractivity contribution in [2.24, 2.45) is 0 Å². The van der Waals surface area contributed by atoms with Gasteiger partial charge in [-0.25, -0.2) is 0 Å². The van der Waals surface area contributed by atoms with Crippen molar-refractivity contribution >= 4 is 6.08 Å². The van der Waals surface area contributed by atoms with Crippen molar-refractivity contribution in [1.82, 2.24) is 4.90 Å². The smallest absolute Gasteiger partial charge is 0.0486 e. The predicted molar refractivity (Wildman–Crippen MR) is 92.2 cm³/mol. The molecule has 110 valence electrons. The molecule has 1 unspecified atom stereocenters. The summed E-state index contributed by atoms with van der Waals surface area (Å²) >= 11 is 0. The minimum atomic E-state index is 0.0620. The Balaban J connectivity index is 2.24. The minimum Gasteiger partial charge on any atom is -0.299 e. The summed E-state index contributed by atoms with van der Waals surface area (Å²) in [6, 6.07) is 21.3. The van der Waals surface area contributed by atoms with E-state index in [-0.39, 0.29) is 5.54 Å². The van der Waals surface area contributed by atoms with E-state index in [1.807, 2.05) is 0 Å². The van der Waals surface area contributed by atoms with Crippen LogP contribution >= 0.6 is 0 Å². The highest BCUT2D eigenvalue weighted by atomic mass is 15.1. The summed E-state index contributed by atoms with van der Waals surface area (Å²) in [5.74, 6) is 0. The fourth-order valence-corrected chi connectivity index (χ4v) is 2.93. The van der Waals surface area contributed by atoms with E-state index in [0.29, 0.717) is 0 Å². The lowest BCUT2D eigenvalue weighted by atomic mass is 9.82. The lowest BCUT2D eigenvalue weighted by Crippen LogP contribution is -2.40. The average Bonchev–Trinajstić information content (AvgIpc) is 2.53. The second kappa shape index (κ2) is 7.24. The van der Waals surface area contributed by atoms with Crippen molar-refractivity contribution in [2.45, 2.75) is 25.3 Å². The molecule has 21 heavy (non-hydrogen) atoms. The molecular formula is C20H25N. The fourth-order valence-electron chi connectivity index (χ4n) is 2.93. The van der Waals surface area contributed by atoms with Gasteiger partial charge in [0.05, 0.1) is 0 Å². The SMILES string of the molecule is CCC(C/C=C/c1ccccc1)(c1ccccc1)N(C)C. The van der Waals surface area contributed by atoms with Crippen LogP contribution < -0.4 is 0 Å². The zero-order valence-corrected chi connectivity index (χ0v) is 13.3. The molecule has 2 rings (SSSR count). The van der Waals surface area contributed by atoms with Gasteiger partial charge in [-0.2, -0.15) is 0 Å². The van der Waals surface area contributed by atoms with Gasteiger partial charge in [0.15, 0.2) is 0 Å². The van der Waals surface area contributed by atoms with Gasteiger partial charge >= 0.3 is 0 Å². The Kier molecular flexibility index (Phi) is 5.35. The largest absolute Gasteiger partial charge is 0.299 e. The molecule has 0 aliphatic heterocycles. The normalized spacial score (nSPS) is 14.5. The molecule has 0 aliphatic rings. The molecule has 0 spiro atoms. The molecule has 0 aliphatic carbocycles. The summed E-state index contributed by atoms with van der Waals surface area (Å²) in [5.41, 5.74) is 2.71. The Labute approximate surface area is 128 Å². The van der Waals surface area contributed by atoms with E-state index in [2.05, 4.69) is 98.7 Å². The highest BCUT2D eigenvalue weighted by Crippen LogP contribution is 2.34. The highest BCUT2D eigenvalue weighted by molar-refractivity contribution is 5.49. The maximum atomic E-state index is 2.34. The Bertz CT molecular complexity index is 557. The van der Waals surface area contributed by atoms with Crippen molar-refractivity contribution in [2.75, 3.05) is 14.1 Å². The van der Waals surface area contributed by atoms with Crippen LogP contribution in [0.2, 0.25) is 0 Å². The summed E-state index contributed by atoms with van der Waals surface area (Å²) in [6.07, 6.45) is 6.61. The molecule has 2 aromatic rings. The molecule has 0 amide bonds. The van der Waals surface area contributed by atoms with Crippen LogP contribution in [0, 0.1) is 0 Å².